The third-order valence-electron chi connectivity index (χ3n) is 3.24. The molecule has 21 heavy (non-hydrogen) atoms. The van der Waals surface area contributed by atoms with Crippen molar-refractivity contribution in [3.05, 3.63) is 59.2 Å². The van der Waals surface area contributed by atoms with Crippen molar-refractivity contribution in [1.82, 2.24) is 0 Å². The van der Waals surface area contributed by atoms with Crippen LogP contribution in [0.4, 0.5) is 0 Å². The average molecular weight is 284 g/mol. The zero-order valence-electron chi connectivity index (χ0n) is 12.3. The van der Waals surface area contributed by atoms with Crippen molar-refractivity contribution >= 4 is 5.84 Å². The summed E-state index contributed by atoms with van der Waals surface area (Å²) < 4.78 is 10.9. The Morgan fingerprint density at radius 2 is 1.76 bits per heavy atom. The molecule has 0 heterocycles. The minimum atomic E-state index is 0.0709. The smallest absolute Gasteiger partial charge is 0.127 e. The molecule has 110 valence electrons. The highest BCUT2D eigenvalue weighted by molar-refractivity contribution is 5.96. The van der Waals surface area contributed by atoms with Gasteiger partial charge in [-0.3, -0.25) is 5.41 Å². The van der Waals surface area contributed by atoms with Crippen molar-refractivity contribution in [2.24, 2.45) is 5.73 Å². The number of benzene rings is 2. The molecule has 0 spiro atoms. The molecule has 4 heteroatoms. The molecular formula is C17H20N2O2. The monoisotopic (exact) mass is 284 g/mol. The molecule has 0 aromatic heterocycles. The quantitative estimate of drug-likeness (QED) is 0.632. The molecule has 2 aromatic carbocycles. The fraction of sp³-hybridized carbons (Fsp3) is 0.235. The van der Waals surface area contributed by atoms with Gasteiger partial charge in [-0.25, -0.2) is 0 Å². The Labute approximate surface area is 125 Å². The maximum Gasteiger partial charge on any atom is 0.127 e. The predicted octanol–water partition coefficient (Wildman–Crippen LogP) is 3.26. The maximum absolute atomic E-state index is 7.47. The molecule has 4 nitrogen and oxygen atoms in total. The number of hydrogen-bond acceptors (Lipinski definition) is 3. The average Bonchev–Trinajstić information content (AvgIpc) is 2.46. The molecule has 0 bridgehead atoms. The van der Waals surface area contributed by atoms with E-state index in [0.29, 0.717) is 6.61 Å². The van der Waals surface area contributed by atoms with Crippen LogP contribution in [0.25, 0.3) is 0 Å². The predicted molar refractivity (Wildman–Crippen MR) is 84.3 cm³/mol. The van der Waals surface area contributed by atoms with E-state index in [1.165, 1.54) is 5.56 Å². The van der Waals surface area contributed by atoms with Crippen molar-refractivity contribution in [2.75, 3.05) is 13.7 Å². The summed E-state index contributed by atoms with van der Waals surface area (Å²) in [5.41, 5.74) is 8.38. The van der Waals surface area contributed by atoms with Crippen LogP contribution in [0.5, 0.6) is 11.5 Å². The van der Waals surface area contributed by atoms with E-state index in [9.17, 15) is 0 Å². The highest BCUT2D eigenvalue weighted by Crippen LogP contribution is 2.24. The number of nitrogens with two attached hydrogens (primary N) is 1. The summed E-state index contributed by atoms with van der Waals surface area (Å²) in [6, 6.07) is 13.5. The van der Waals surface area contributed by atoms with Gasteiger partial charge in [-0.05, 0) is 54.8 Å². The van der Waals surface area contributed by atoms with Gasteiger partial charge in [-0.2, -0.15) is 0 Å². The first kappa shape index (κ1) is 15.1. The van der Waals surface area contributed by atoms with Crippen LogP contribution in [0.15, 0.2) is 42.5 Å². The van der Waals surface area contributed by atoms with E-state index in [-0.39, 0.29) is 5.84 Å². The Bertz CT molecular complexity index is 621. The number of nitrogens with one attached hydrogen (secondary N) is 1. The van der Waals surface area contributed by atoms with Crippen LogP contribution in [0, 0.1) is 12.3 Å². The molecule has 0 radical (unpaired) electrons. The summed E-state index contributed by atoms with van der Waals surface area (Å²) in [7, 11) is 1.70. The van der Waals surface area contributed by atoms with Gasteiger partial charge in [0.25, 0.3) is 0 Å². The molecule has 0 saturated heterocycles. The third-order valence-corrected chi connectivity index (χ3v) is 3.24. The SMILES string of the molecule is COCCc1ccc(Oc2ccc(C(=N)N)c(C)c2)cc1. The highest BCUT2D eigenvalue weighted by Gasteiger charge is 2.04. The normalized spacial score (nSPS) is 10.4. The van der Waals surface area contributed by atoms with Gasteiger partial charge >= 0.3 is 0 Å². The number of methoxy groups -OCH3 is 1. The summed E-state index contributed by atoms with van der Waals surface area (Å²) in [6.45, 7) is 2.63. The summed E-state index contributed by atoms with van der Waals surface area (Å²) in [5, 5.41) is 7.47. The number of rotatable bonds is 6. The second-order valence-corrected chi connectivity index (χ2v) is 4.88. The number of hydrogen-bond donors (Lipinski definition) is 2. The molecule has 0 aliphatic carbocycles. The van der Waals surface area contributed by atoms with Crippen LogP contribution in [0.3, 0.4) is 0 Å². The number of aryl methyl sites for hydroxylation is 1. The Morgan fingerprint density at radius 1 is 1.10 bits per heavy atom. The molecule has 0 atom stereocenters. The summed E-state index contributed by atoms with van der Waals surface area (Å²) in [6.07, 6.45) is 0.892. The lowest BCUT2D eigenvalue weighted by Crippen LogP contribution is -2.12. The molecule has 0 amide bonds. The maximum atomic E-state index is 7.47. The van der Waals surface area contributed by atoms with Gasteiger partial charge in [0.15, 0.2) is 0 Å². The summed E-state index contributed by atoms with van der Waals surface area (Å²) in [4.78, 5) is 0. The minimum Gasteiger partial charge on any atom is -0.457 e. The first-order chi connectivity index (χ1) is 10.1. The van der Waals surface area contributed by atoms with Gasteiger partial charge in [0.1, 0.15) is 17.3 Å². The van der Waals surface area contributed by atoms with Gasteiger partial charge in [0.2, 0.25) is 0 Å². The lowest BCUT2D eigenvalue weighted by Gasteiger charge is -2.09. The number of nitrogen functional groups attached to an aromatic ring is 1. The van der Waals surface area contributed by atoms with Gasteiger partial charge in [0, 0.05) is 12.7 Å². The van der Waals surface area contributed by atoms with Crippen LogP contribution < -0.4 is 10.5 Å². The van der Waals surface area contributed by atoms with E-state index in [2.05, 4.69) is 0 Å². The van der Waals surface area contributed by atoms with E-state index in [0.717, 1.165) is 29.0 Å². The first-order valence-corrected chi connectivity index (χ1v) is 6.81. The summed E-state index contributed by atoms with van der Waals surface area (Å²) in [5.74, 6) is 1.59. The van der Waals surface area contributed by atoms with Crippen LogP contribution in [-0.2, 0) is 11.2 Å². The fourth-order valence-corrected chi connectivity index (χ4v) is 2.08. The van der Waals surface area contributed by atoms with Gasteiger partial charge in [-0.15, -0.1) is 0 Å². The van der Waals surface area contributed by atoms with E-state index < -0.39 is 0 Å². The second-order valence-electron chi connectivity index (χ2n) is 4.88. The number of ether oxygens (including phenoxy) is 2. The Hall–Kier alpha value is -2.33. The van der Waals surface area contributed by atoms with Crippen molar-refractivity contribution < 1.29 is 9.47 Å². The molecule has 2 rings (SSSR count). The topological polar surface area (TPSA) is 68.3 Å². The van der Waals surface area contributed by atoms with E-state index in [4.69, 9.17) is 20.6 Å². The Balaban J connectivity index is 2.07. The zero-order valence-corrected chi connectivity index (χ0v) is 12.3. The van der Waals surface area contributed by atoms with Crippen LogP contribution in [0.1, 0.15) is 16.7 Å². The van der Waals surface area contributed by atoms with Crippen LogP contribution >= 0.6 is 0 Å². The summed E-state index contributed by atoms with van der Waals surface area (Å²) >= 11 is 0. The van der Waals surface area contributed by atoms with E-state index in [1.54, 1.807) is 13.2 Å². The number of amidine groups is 1. The first-order valence-electron chi connectivity index (χ1n) is 6.81. The fourth-order valence-electron chi connectivity index (χ4n) is 2.08. The van der Waals surface area contributed by atoms with E-state index in [1.807, 2.05) is 43.3 Å². The van der Waals surface area contributed by atoms with Crippen molar-refractivity contribution in [3.8, 4) is 11.5 Å². The lowest BCUT2D eigenvalue weighted by molar-refractivity contribution is 0.202. The van der Waals surface area contributed by atoms with E-state index >= 15 is 0 Å². The van der Waals surface area contributed by atoms with Gasteiger partial charge in [-0.1, -0.05) is 12.1 Å². The third kappa shape index (κ3) is 4.07. The van der Waals surface area contributed by atoms with Gasteiger partial charge < -0.3 is 15.2 Å². The second kappa shape index (κ2) is 6.90. The zero-order chi connectivity index (χ0) is 15.2. The van der Waals surface area contributed by atoms with Crippen LogP contribution in [-0.4, -0.2) is 19.6 Å². The molecular weight excluding hydrogens is 264 g/mol. The molecule has 0 unspecified atom stereocenters. The standard InChI is InChI=1S/C17H20N2O2/c1-12-11-15(7-8-16(12)17(18)19)21-14-5-3-13(4-6-14)9-10-20-2/h3-8,11H,9-10H2,1-2H3,(H3,18,19). The molecule has 0 aliphatic heterocycles. The Morgan fingerprint density at radius 3 is 2.33 bits per heavy atom. The largest absolute Gasteiger partial charge is 0.457 e. The molecule has 3 N–H and O–H groups in total. The van der Waals surface area contributed by atoms with Crippen molar-refractivity contribution in [2.45, 2.75) is 13.3 Å². The van der Waals surface area contributed by atoms with Crippen molar-refractivity contribution in [3.63, 3.8) is 0 Å². The van der Waals surface area contributed by atoms with Crippen LogP contribution in [0.2, 0.25) is 0 Å². The molecule has 0 saturated carbocycles. The Kier molecular flexibility index (Phi) is 4.95. The van der Waals surface area contributed by atoms with Gasteiger partial charge in [0.05, 0.1) is 6.61 Å². The lowest BCUT2D eigenvalue weighted by atomic mass is 10.1. The molecule has 0 fully saturated rings. The molecule has 0 aliphatic rings. The minimum absolute atomic E-state index is 0.0709. The van der Waals surface area contributed by atoms with Crippen molar-refractivity contribution in [1.29, 1.82) is 5.41 Å². The highest BCUT2D eigenvalue weighted by atomic mass is 16.5. The molecule has 2 aromatic rings.